The van der Waals surface area contributed by atoms with Crippen molar-refractivity contribution in [1.82, 2.24) is 14.9 Å². The maximum atomic E-state index is 11.3. The Bertz CT molecular complexity index is 515. The van der Waals surface area contributed by atoms with E-state index < -0.39 is 17.1 Å². The number of H-pyrrole nitrogens is 1. The van der Waals surface area contributed by atoms with Crippen LogP contribution in [-0.2, 0) is 11.3 Å². The molecule has 0 atom stereocenters. The van der Waals surface area contributed by atoms with Crippen molar-refractivity contribution in [3.05, 3.63) is 26.9 Å². The number of nitrogens with one attached hydrogen (secondary N) is 2. The number of carbonyl (C=O) groups is 1. The van der Waals surface area contributed by atoms with E-state index in [4.69, 9.17) is 0 Å². The zero-order chi connectivity index (χ0) is 13.0. The van der Waals surface area contributed by atoms with Crippen molar-refractivity contribution in [2.45, 2.75) is 32.9 Å². The van der Waals surface area contributed by atoms with Crippen LogP contribution in [0.15, 0.2) is 15.7 Å². The summed E-state index contributed by atoms with van der Waals surface area (Å²) in [4.78, 5) is 35.5. The molecular formula is C10H15N3O4. The third kappa shape index (κ3) is 3.78. The Balaban J connectivity index is 2.74. The van der Waals surface area contributed by atoms with Gasteiger partial charge in [0.2, 0.25) is 11.8 Å². The third-order valence-corrected chi connectivity index (χ3v) is 2.02. The van der Waals surface area contributed by atoms with Gasteiger partial charge in [-0.05, 0) is 13.8 Å². The Morgan fingerprint density at radius 1 is 1.53 bits per heavy atom. The van der Waals surface area contributed by atoms with E-state index in [1.165, 1.54) is 0 Å². The van der Waals surface area contributed by atoms with E-state index in [1.807, 2.05) is 18.8 Å². The number of aromatic amines is 1. The van der Waals surface area contributed by atoms with E-state index in [2.05, 4.69) is 5.32 Å². The summed E-state index contributed by atoms with van der Waals surface area (Å²) < 4.78 is 0.932. The lowest BCUT2D eigenvalue weighted by Crippen LogP contribution is -2.33. The molecule has 0 aliphatic rings. The van der Waals surface area contributed by atoms with E-state index in [0.29, 0.717) is 0 Å². The van der Waals surface area contributed by atoms with Gasteiger partial charge in [0.1, 0.15) is 0 Å². The molecule has 0 saturated heterocycles. The first-order chi connectivity index (χ1) is 7.90. The maximum Gasteiger partial charge on any atom is 0.331 e. The fourth-order valence-electron chi connectivity index (χ4n) is 1.33. The number of nitrogens with zero attached hydrogens (tertiary/aromatic N) is 1. The summed E-state index contributed by atoms with van der Waals surface area (Å²) in [5.74, 6) is -0.673. The average Bonchev–Trinajstić information content (AvgIpc) is 2.14. The van der Waals surface area contributed by atoms with Gasteiger partial charge in [-0.15, -0.1) is 0 Å². The molecule has 94 valence electrons. The van der Waals surface area contributed by atoms with Gasteiger partial charge in [-0.3, -0.25) is 19.1 Å². The zero-order valence-electron chi connectivity index (χ0n) is 9.69. The van der Waals surface area contributed by atoms with E-state index in [0.717, 1.165) is 10.6 Å². The van der Waals surface area contributed by atoms with E-state index in [9.17, 15) is 19.5 Å². The Labute approximate surface area is 97.1 Å². The van der Waals surface area contributed by atoms with Crippen LogP contribution in [0.25, 0.3) is 0 Å². The summed E-state index contributed by atoms with van der Waals surface area (Å²) >= 11 is 0. The summed E-state index contributed by atoms with van der Waals surface area (Å²) in [6.45, 7) is 3.66. The normalized spacial score (nSPS) is 10.5. The lowest BCUT2D eigenvalue weighted by molar-refractivity contribution is -0.121. The van der Waals surface area contributed by atoms with Crippen LogP contribution in [-0.4, -0.2) is 26.6 Å². The van der Waals surface area contributed by atoms with E-state index in [1.54, 1.807) is 0 Å². The summed E-state index contributed by atoms with van der Waals surface area (Å²) in [7, 11) is 0. The number of amides is 1. The van der Waals surface area contributed by atoms with E-state index in [-0.39, 0.29) is 24.9 Å². The minimum absolute atomic E-state index is 0.0139. The van der Waals surface area contributed by atoms with Crippen LogP contribution in [0.1, 0.15) is 20.3 Å². The predicted molar refractivity (Wildman–Crippen MR) is 60.9 cm³/mol. The van der Waals surface area contributed by atoms with Crippen molar-refractivity contribution in [2.24, 2.45) is 0 Å². The van der Waals surface area contributed by atoms with Crippen LogP contribution >= 0.6 is 0 Å². The average molecular weight is 241 g/mol. The van der Waals surface area contributed by atoms with Crippen molar-refractivity contribution in [2.75, 3.05) is 0 Å². The van der Waals surface area contributed by atoms with Gasteiger partial charge in [-0.25, -0.2) is 4.79 Å². The Morgan fingerprint density at radius 2 is 2.18 bits per heavy atom. The second-order valence-corrected chi connectivity index (χ2v) is 3.92. The van der Waals surface area contributed by atoms with Crippen LogP contribution in [0, 0.1) is 0 Å². The van der Waals surface area contributed by atoms with Gasteiger partial charge in [0.15, 0.2) is 0 Å². The molecule has 1 aromatic heterocycles. The van der Waals surface area contributed by atoms with Crippen LogP contribution in [0.3, 0.4) is 0 Å². The molecule has 17 heavy (non-hydrogen) atoms. The minimum Gasteiger partial charge on any atom is -0.494 e. The highest BCUT2D eigenvalue weighted by molar-refractivity contribution is 5.76. The first-order valence-corrected chi connectivity index (χ1v) is 5.22. The second kappa shape index (κ2) is 5.33. The number of hydrogen-bond acceptors (Lipinski definition) is 4. The molecule has 0 aliphatic heterocycles. The molecule has 0 fully saturated rings. The van der Waals surface area contributed by atoms with Crippen LogP contribution in [0.5, 0.6) is 5.88 Å². The lowest BCUT2D eigenvalue weighted by Gasteiger charge is -2.09. The molecule has 0 spiro atoms. The molecule has 1 heterocycles. The molecule has 0 aliphatic carbocycles. The van der Waals surface area contributed by atoms with Crippen molar-refractivity contribution < 1.29 is 9.90 Å². The van der Waals surface area contributed by atoms with Crippen molar-refractivity contribution >= 4 is 5.91 Å². The van der Waals surface area contributed by atoms with Gasteiger partial charge in [-0.1, -0.05) is 0 Å². The standard InChI is InChI=1S/C10H15N3O4/c1-6(2)11-7(14)3-4-13-9(16)5-8(15)12-10(13)17/h5-6,16H,3-4H2,1-2H3,(H,11,14)(H,12,15,17). The molecule has 7 heteroatoms. The molecule has 0 unspecified atom stereocenters. The van der Waals surface area contributed by atoms with Crippen molar-refractivity contribution in [1.29, 1.82) is 0 Å². The van der Waals surface area contributed by atoms with Gasteiger partial charge in [0.25, 0.3) is 5.56 Å². The Kier molecular flexibility index (Phi) is 4.08. The quantitative estimate of drug-likeness (QED) is 0.639. The molecule has 0 saturated carbocycles. The van der Waals surface area contributed by atoms with Gasteiger partial charge in [-0.2, -0.15) is 0 Å². The van der Waals surface area contributed by atoms with Gasteiger partial charge in [0.05, 0.1) is 6.07 Å². The lowest BCUT2D eigenvalue weighted by atomic mass is 10.3. The number of aromatic hydroxyl groups is 1. The highest BCUT2D eigenvalue weighted by Gasteiger charge is 2.08. The number of hydrogen-bond donors (Lipinski definition) is 3. The molecule has 1 aromatic rings. The SMILES string of the molecule is CC(C)NC(=O)CCn1c(O)cc(=O)[nH]c1=O. The summed E-state index contributed by atoms with van der Waals surface area (Å²) in [5, 5.41) is 12.0. The molecular weight excluding hydrogens is 226 g/mol. The fraction of sp³-hybridized carbons (Fsp3) is 0.500. The molecule has 0 bridgehead atoms. The number of rotatable bonds is 4. The van der Waals surface area contributed by atoms with E-state index >= 15 is 0 Å². The molecule has 1 rings (SSSR count). The predicted octanol–water partition coefficient (Wildman–Crippen LogP) is -0.843. The number of carbonyl (C=O) groups excluding carboxylic acids is 1. The summed E-state index contributed by atoms with van der Waals surface area (Å²) in [6, 6.07) is 0.908. The summed E-state index contributed by atoms with van der Waals surface area (Å²) in [6.07, 6.45) is 0.0533. The molecule has 3 N–H and O–H groups in total. The topological polar surface area (TPSA) is 104 Å². The van der Waals surface area contributed by atoms with Crippen molar-refractivity contribution in [3.8, 4) is 5.88 Å². The number of aromatic nitrogens is 2. The van der Waals surface area contributed by atoms with Crippen LogP contribution in [0.2, 0.25) is 0 Å². The highest BCUT2D eigenvalue weighted by Crippen LogP contribution is 2.01. The fourth-order valence-corrected chi connectivity index (χ4v) is 1.33. The monoisotopic (exact) mass is 241 g/mol. The van der Waals surface area contributed by atoms with Crippen LogP contribution in [0.4, 0.5) is 0 Å². The first-order valence-electron chi connectivity index (χ1n) is 5.22. The second-order valence-electron chi connectivity index (χ2n) is 3.92. The highest BCUT2D eigenvalue weighted by atomic mass is 16.3. The van der Waals surface area contributed by atoms with Crippen molar-refractivity contribution in [3.63, 3.8) is 0 Å². The molecule has 7 nitrogen and oxygen atoms in total. The summed E-state index contributed by atoms with van der Waals surface area (Å²) in [5.41, 5.74) is -1.40. The Morgan fingerprint density at radius 3 is 2.71 bits per heavy atom. The van der Waals surface area contributed by atoms with Gasteiger partial charge >= 0.3 is 5.69 Å². The molecule has 0 aromatic carbocycles. The van der Waals surface area contributed by atoms with Gasteiger partial charge in [0, 0.05) is 19.0 Å². The molecule has 1 amide bonds. The third-order valence-electron chi connectivity index (χ3n) is 2.02. The maximum absolute atomic E-state index is 11.3. The first kappa shape index (κ1) is 13.0. The van der Waals surface area contributed by atoms with Gasteiger partial charge < -0.3 is 10.4 Å². The largest absolute Gasteiger partial charge is 0.494 e. The Hall–Kier alpha value is -2.05. The van der Waals surface area contributed by atoms with Crippen LogP contribution < -0.4 is 16.6 Å². The minimum atomic E-state index is -0.729. The zero-order valence-corrected chi connectivity index (χ0v) is 9.69. The smallest absolute Gasteiger partial charge is 0.331 e. The molecule has 0 radical (unpaired) electrons.